The third-order valence-corrected chi connectivity index (χ3v) is 3.77. The number of nitrogens with zero attached hydrogens (tertiary/aromatic N) is 2. The molecule has 1 aliphatic carbocycles. The van der Waals surface area contributed by atoms with Crippen LogP contribution >= 0.6 is 11.3 Å². The maximum atomic E-state index is 10.2. The van der Waals surface area contributed by atoms with Crippen molar-refractivity contribution in [2.24, 2.45) is 0 Å². The van der Waals surface area contributed by atoms with E-state index in [1.807, 2.05) is 11.7 Å². The van der Waals surface area contributed by atoms with E-state index in [4.69, 9.17) is 0 Å². The van der Waals surface area contributed by atoms with Crippen LogP contribution in [0.25, 0.3) is 0 Å². The number of likely N-dealkylation sites (N-methyl/N-ethyl adjacent to an activating group) is 1. The molecule has 84 valence electrons. The molecule has 0 bridgehead atoms. The van der Waals surface area contributed by atoms with Crippen molar-refractivity contribution in [3.63, 3.8) is 0 Å². The van der Waals surface area contributed by atoms with Crippen LogP contribution in [0.3, 0.4) is 0 Å². The summed E-state index contributed by atoms with van der Waals surface area (Å²) in [5, 5.41) is 10.2. The van der Waals surface area contributed by atoms with Crippen LogP contribution in [0.2, 0.25) is 0 Å². The quantitative estimate of drug-likeness (QED) is 0.851. The van der Waals surface area contributed by atoms with E-state index in [0.717, 1.165) is 25.9 Å². The summed E-state index contributed by atoms with van der Waals surface area (Å²) in [4.78, 5) is 7.51. The number of rotatable bonds is 4. The minimum Gasteiger partial charge on any atom is -0.389 e. The fraction of sp³-hybridized carbons (Fsp3) is 0.727. The first-order valence-corrected chi connectivity index (χ1v) is 6.34. The van der Waals surface area contributed by atoms with E-state index in [1.54, 1.807) is 11.3 Å². The highest BCUT2D eigenvalue weighted by Gasteiger charge is 2.32. The largest absolute Gasteiger partial charge is 0.389 e. The zero-order valence-electron chi connectivity index (χ0n) is 9.15. The van der Waals surface area contributed by atoms with Crippen molar-refractivity contribution >= 4 is 11.3 Å². The van der Waals surface area contributed by atoms with Crippen molar-refractivity contribution in [3.05, 3.63) is 16.6 Å². The van der Waals surface area contributed by atoms with E-state index >= 15 is 0 Å². The number of aromatic nitrogens is 1. The van der Waals surface area contributed by atoms with Gasteiger partial charge in [-0.05, 0) is 19.9 Å². The van der Waals surface area contributed by atoms with Gasteiger partial charge < -0.3 is 5.11 Å². The van der Waals surface area contributed by atoms with Gasteiger partial charge in [0, 0.05) is 24.2 Å². The van der Waals surface area contributed by atoms with E-state index < -0.39 is 5.60 Å². The van der Waals surface area contributed by atoms with Crippen molar-refractivity contribution in [1.29, 1.82) is 0 Å². The summed E-state index contributed by atoms with van der Waals surface area (Å²) in [5.41, 5.74) is 1.42. The van der Waals surface area contributed by atoms with Crippen molar-refractivity contribution in [1.82, 2.24) is 9.88 Å². The molecule has 1 saturated carbocycles. The highest BCUT2D eigenvalue weighted by molar-refractivity contribution is 7.09. The summed E-state index contributed by atoms with van der Waals surface area (Å²) in [5.74, 6) is 0. The van der Waals surface area contributed by atoms with E-state index in [9.17, 15) is 5.11 Å². The average molecular weight is 226 g/mol. The smallest absolute Gasteiger partial charge is 0.0794 e. The Labute approximate surface area is 94.8 Å². The zero-order chi connectivity index (χ0) is 10.7. The minimum atomic E-state index is -0.431. The molecular weight excluding hydrogens is 208 g/mol. The second kappa shape index (κ2) is 4.60. The molecule has 0 saturated heterocycles. The number of hydrogen-bond acceptors (Lipinski definition) is 4. The molecular formula is C11H18N2OS. The maximum Gasteiger partial charge on any atom is 0.0794 e. The molecule has 1 aromatic heterocycles. The van der Waals surface area contributed by atoms with Crippen LogP contribution < -0.4 is 0 Å². The third-order valence-electron chi connectivity index (χ3n) is 3.01. The van der Waals surface area contributed by atoms with Crippen LogP contribution in [0.15, 0.2) is 11.7 Å². The van der Waals surface area contributed by atoms with Crippen LogP contribution in [0.1, 0.15) is 30.6 Å². The van der Waals surface area contributed by atoms with Crippen LogP contribution in [0.5, 0.6) is 0 Å². The number of thiazole rings is 1. The lowest BCUT2D eigenvalue weighted by Gasteiger charge is -2.28. The molecule has 3 nitrogen and oxygen atoms in total. The van der Waals surface area contributed by atoms with Gasteiger partial charge in [0.15, 0.2) is 0 Å². The Morgan fingerprint density at radius 1 is 1.53 bits per heavy atom. The average Bonchev–Trinajstić information content (AvgIpc) is 2.76. The Morgan fingerprint density at radius 3 is 2.87 bits per heavy atom. The first-order valence-electron chi connectivity index (χ1n) is 5.46. The lowest BCUT2D eigenvalue weighted by Crippen LogP contribution is -2.38. The Balaban J connectivity index is 1.84. The Bertz CT molecular complexity index is 294. The molecule has 0 atom stereocenters. The molecule has 1 heterocycles. The van der Waals surface area contributed by atoms with Gasteiger partial charge in [-0.25, -0.2) is 0 Å². The first-order chi connectivity index (χ1) is 7.18. The van der Waals surface area contributed by atoms with E-state index in [-0.39, 0.29) is 0 Å². The summed E-state index contributed by atoms with van der Waals surface area (Å²) >= 11 is 1.67. The fourth-order valence-electron chi connectivity index (χ4n) is 2.34. The third kappa shape index (κ3) is 3.00. The van der Waals surface area contributed by atoms with Gasteiger partial charge in [-0.1, -0.05) is 12.8 Å². The molecule has 1 N–H and O–H groups in total. The van der Waals surface area contributed by atoms with Crippen LogP contribution in [-0.2, 0) is 6.54 Å². The molecule has 1 fully saturated rings. The van der Waals surface area contributed by atoms with Gasteiger partial charge in [0.2, 0.25) is 0 Å². The molecule has 1 aromatic rings. The monoisotopic (exact) mass is 226 g/mol. The summed E-state index contributed by atoms with van der Waals surface area (Å²) in [6, 6.07) is 0. The van der Waals surface area contributed by atoms with Gasteiger partial charge >= 0.3 is 0 Å². The first kappa shape index (κ1) is 11.0. The SMILES string of the molecule is CN(Cc1cncs1)CC1(O)CCCC1. The van der Waals surface area contributed by atoms with Gasteiger partial charge in [0.25, 0.3) is 0 Å². The summed E-state index contributed by atoms with van der Waals surface area (Å²) in [7, 11) is 2.07. The van der Waals surface area contributed by atoms with Crippen molar-refractivity contribution in [2.45, 2.75) is 37.8 Å². The molecule has 2 rings (SSSR count). The van der Waals surface area contributed by atoms with E-state index in [1.165, 1.54) is 17.7 Å². The molecule has 15 heavy (non-hydrogen) atoms. The van der Waals surface area contributed by atoms with Gasteiger partial charge in [0.1, 0.15) is 0 Å². The summed E-state index contributed by atoms with van der Waals surface area (Å²) in [6.07, 6.45) is 6.16. The van der Waals surface area contributed by atoms with Gasteiger partial charge in [-0.3, -0.25) is 9.88 Å². The molecule has 4 heteroatoms. The Morgan fingerprint density at radius 2 is 2.27 bits per heavy atom. The molecule has 1 aliphatic rings. The van der Waals surface area contributed by atoms with Gasteiger partial charge in [-0.15, -0.1) is 11.3 Å². The molecule has 0 aromatic carbocycles. The number of hydrogen-bond donors (Lipinski definition) is 1. The van der Waals surface area contributed by atoms with Crippen molar-refractivity contribution in [2.75, 3.05) is 13.6 Å². The summed E-state index contributed by atoms with van der Waals surface area (Å²) < 4.78 is 0. The standard InChI is InChI=1S/C11H18N2OS/c1-13(7-10-6-12-9-15-10)8-11(14)4-2-3-5-11/h6,9,14H,2-5,7-8H2,1H3. The molecule has 0 radical (unpaired) electrons. The van der Waals surface area contributed by atoms with Crippen molar-refractivity contribution in [3.8, 4) is 0 Å². The topological polar surface area (TPSA) is 36.4 Å². The highest BCUT2D eigenvalue weighted by Crippen LogP contribution is 2.30. The van der Waals surface area contributed by atoms with Crippen molar-refractivity contribution < 1.29 is 5.11 Å². The lowest BCUT2D eigenvalue weighted by molar-refractivity contribution is 0.0147. The second-order valence-corrected chi connectivity index (χ2v) is 5.54. The second-order valence-electron chi connectivity index (χ2n) is 4.57. The highest BCUT2D eigenvalue weighted by atomic mass is 32.1. The Kier molecular flexibility index (Phi) is 3.38. The predicted molar refractivity (Wildman–Crippen MR) is 61.9 cm³/mol. The molecule has 0 aliphatic heterocycles. The van der Waals surface area contributed by atoms with Gasteiger partial charge in [-0.2, -0.15) is 0 Å². The predicted octanol–water partition coefficient (Wildman–Crippen LogP) is 1.88. The van der Waals surface area contributed by atoms with E-state index in [0.29, 0.717) is 0 Å². The van der Waals surface area contributed by atoms with Crippen LogP contribution in [0.4, 0.5) is 0 Å². The van der Waals surface area contributed by atoms with Gasteiger partial charge in [0.05, 0.1) is 11.1 Å². The lowest BCUT2D eigenvalue weighted by atomic mass is 10.0. The molecule has 0 spiro atoms. The zero-order valence-corrected chi connectivity index (χ0v) is 9.96. The Hall–Kier alpha value is -0.450. The normalized spacial score (nSPS) is 19.9. The number of aliphatic hydroxyl groups is 1. The fourth-order valence-corrected chi connectivity index (χ4v) is 3.01. The van der Waals surface area contributed by atoms with Crippen LogP contribution in [0, 0.1) is 0 Å². The maximum absolute atomic E-state index is 10.2. The summed E-state index contributed by atoms with van der Waals surface area (Å²) in [6.45, 7) is 1.68. The molecule has 0 amide bonds. The molecule has 0 unspecified atom stereocenters. The van der Waals surface area contributed by atoms with E-state index in [2.05, 4.69) is 16.9 Å². The minimum absolute atomic E-state index is 0.431. The van der Waals surface area contributed by atoms with Crippen LogP contribution in [-0.4, -0.2) is 34.2 Å².